The van der Waals surface area contributed by atoms with E-state index in [1.165, 1.54) is 16.0 Å². The zero-order chi connectivity index (χ0) is 15.2. The van der Waals surface area contributed by atoms with Gasteiger partial charge < -0.3 is 10.2 Å². The van der Waals surface area contributed by atoms with Crippen molar-refractivity contribution in [1.29, 1.82) is 0 Å². The third-order valence-corrected chi connectivity index (χ3v) is 4.89. The van der Waals surface area contributed by atoms with Crippen molar-refractivity contribution < 1.29 is 0 Å². The SMILES string of the molecule is CNC(CCN(C)Cc1scnc1C)c1ccccc1C. The largest absolute Gasteiger partial charge is 0.313 e. The van der Waals surface area contributed by atoms with Gasteiger partial charge >= 0.3 is 0 Å². The fraction of sp³-hybridized carbons (Fsp3) is 0.471. The number of nitrogens with zero attached hydrogens (tertiary/aromatic N) is 2. The molecule has 1 aromatic heterocycles. The van der Waals surface area contributed by atoms with E-state index in [0.717, 1.165) is 25.2 Å². The first kappa shape index (κ1) is 16.1. The molecule has 1 N–H and O–H groups in total. The molecule has 0 bridgehead atoms. The number of benzene rings is 1. The van der Waals surface area contributed by atoms with E-state index in [0.29, 0.717) is 6.04 Å². The minimum atomic E-state index is 0.413. The standard InChI is InChI=1S/C17H25N3S/c1-13-7-5-6-8-15(13)16(18-3)9-10-20(4)11-17-14(2)19-12-21-17/h5-8,12,16,18H,9-11H2,1-4H3. The number of nitrogens with one attached hydrogen (secondary N) is 1. The molecule has 1 atom stereocenters. The predicted molar refractivity (Wildman–Crippen MR) is 90.8 cm³/mol. The Kier molecular flexibility index (Phi) is 5.91. The summed E-state index contributed by atoms with van der Waals surface area (Å²) in [5.41, 5.74) is 5.86. The van der Waals surface area contributed by atoms with Gasteiger partial charge in [-0.05, 0) is 45.5 Å². The van der Waals surface area contributed by atoms with Crippen LogP contribution in [0.5, 0.6) is 0 Å². The van der Waals surface area contributed by atoms with Crippen LogP contribution in [0.2, 0.25) is 0 Å². The van der Waals surface area contributed by atoms with E-state index in [1.54, 1.807) is 11.3 Å². The first-order valence-corrected chi connectivity index (χ1v) is 8.30. The maximum atomic E-state index is 4.32. The number of thiazole rings is 1. The summed E-state index contributed by atoms with van der Waals surface area (Å²) in [5, 5.41) is 3.45. The predicted octanol–water partition coefficient (Wildman–Crippen LogP) is 3.54. The molecule has 0 spiro atoms. The smallest absolute Gasteiger partial charge is 0.0798 e. The molecule has 0 saturated carbocycles. The summed E-state index contributed by atoms with van der Waals surface area (Å²) < 4.78 is 0. The first-order chi connectivity index (χ1) is 10.1. The van der Waals surface area contributed by atoms with Crippen molar-refractivity contribution in [3.05, 3.63) is 51.5 Å². The van der Waals surface area contributed by atoms with Crippen LogP contribution in [-0.2, 0) is 6.54 Å². The highest BCUT2D eigenvalue weighted by atomic mass is 32.1. The minimum Gasteiger partial charge on any atom is -0.313 e. The van der Waals surface area contributed by atoms with Crippen molar-refractivity contribution in [2.24, 2.45) is 0 Å². The molecule has 4 heteroatoms. The number of rotatable bonds is 7. The van der Waals surface area contributed by atoms with Gasteiger partial charge in [0.15, 0.2) is 0 Å². The summed E-state index contributed by atoms with van der Waals surface area (Å²) >= 11 is 1.75. The molecule has 0 fully saturated rings. The highest BCUT2D eigenvalue weighted by Crippen LogP contribution is 2.21. The van der Waals surface area contributed by atoms with E-state index in [4.69, 9.17) is 0 Å². The Balaban J connectivity index is 1.91. The first-order valence-electron chi connectivity index (χ1n) is 7.42. The van der Waals surface area contributed by atoms with Gasteiger partial charge in [-0.3, -0.25) is 0 Å². The van der Waals surface area contributed by atoms with Crippen LogP contribution in [0, 0.1) is 13.8 Å². The molecule has 0 amide bonds. The highest BCUT2D eigenvalue weighted by molar-refractivity contribution is 7.09. The lowest BCUT2D eigenvalue weighted by molar-refractivity contribution is 0.305. The van der Waals surface area contributed by atoms with Crippen molar-refractivity contribution in [3.63, 3.8) is 0 Å². The maximum Gasteiger partial charge on any atom is 0.0798 e. The summed E-state index contributed by atoms with van der Waals surface area (Å²) in [4.78, 5) is 8.07. The Bertz CT molecular complexity index is 565. The van der Waals surface area contributed by atoms with Crippen molar-refractivity contribution in [1.82, 2.24) is 15.2 Å². The fourth-order valence-electron chi connectivity index (χ4n) is 2.58. The van der Waals surface area contributed by atoms with Gasteiger partial charge in [-0.25, -0.2) is 4.98 Å². The third-order valence-electron chi connectivity index (χ3n) is 3.97. The van der Waals surface area contributed by atoms with Crippen LogP contribution < -0.4 is 5.32 Å². The second-order valence-electron chi connectivity index (χ2n) is 5.59. The second kappa shape index (κ2) is 7.69. The van der Waals surface area contributed by atoms with E-state index in [9.17, 15) is 0 Å². The number of hydrogen-bond donors (Lipinski definition) is 1. The number of hydrogen-bond acceptors (Lipinski definition) is 4. The van der Waals surface area contributed by atoms with Crippen LogP contribution >= 0.6 is 11.3 Å². The van der Waals surface area contributed by atoms with Crippen LogP contribution in [0.15, 0.2) is 29.8 Å². The number of aryl methyl sites for hydroxylation is 2. The number of aromatic nitrogens is 1. The summed E-state index contributed by atoms with van der Waals surface area (Å²) in [6, 6.07) is 9.05. The molecule has 0 radical (unpaired) electrons. The van der Waals surface area contributed by atoms with Gasteiger partial charge in [0.05, 0.1) is 11.2 Å². The Hall–Kier alpha value is -1.23. The summed E-state index contributed by atoms with van der Waals surface area (Å²) in [5.74, 6) is 0. The zero-order valence-electron chi connectivity index (χ0n) is 13.4. The lowest BCUT2D eigenvalue weighted by Gasteiger charge is -2.22. The van der Waals surface area contributed by atoms with Crippen LogP contribution in [0.4, 0.5) is 0 Å². The Morgan fingerprint density at radius 1 is 1.29 bits per heavy atom. The molecule has 114 valence electrons. The van der Waals surface area contributed by atoms with Gasteiger partial charge in [-0.1, -0.05) is 24.3 Å². The average Bonchev–Trinajstić information content (AvgIpc) is 2.86. The molecule has 2 aromatic rings. The molecular weight excluding hydrogens is 278 g/mol. The van der Waals surface area contributed by atoms with Gasteiger partial charge in [0.1, 0.15) is 0 Å². The van der Waals surface area contributed by atoms with Crippen LogP contribution in [0.1, 0.15) is 34.2 Å². The lowest BCUT2D eigenvalue weighted by atomic mass is 9.99. The molecule has 3 nitrogen and oxygen atoms in total. The van der Waals surface area contributed by atoms with Gasteiger partial charge in [0, 0.05) is 24.0 Å². The van der Waals surface area contributed by atoms with Gasteiger partial charge in [-0.2, -0.15) is 0 Å². The maximum absolute atomic E-state index is 4.32. The van der Waals surface area contributed by atoms with Crippen LogP contribution in [-0.4, -0.2) is 30.5 Å². The topological polar surface area (TPSA) is 28.2 Å². The van der Waals surface area contributed by atoms with Crippen LogP contribution in [0.25, 0.3) is 0 Å². The van der Waals surface area contributed by atoms with E-state index >= 15 is 0 Å². The lowest BCUT2D eigenvalue weighted by Crippen LogP contribution is -2.25. The monoisotopic (exact) mass is 303 g/mol. The molecule has 0 aliphatic rings. The summed E-state index contributed by atoms with van der Waals surface area (Å²) in [6.07, 6.45) is 1.11. The third kappa shape index (κ3) is 4.37. The van der Waals surface area contributed by atoms with E-state index < -0.39 is 0 Å². The minimum absolute atomic E-state index is 0.413. The van der Waals surface area contributed by atoms with Gasteiger partial charge in [0.2, 0.25) is 0 Å². The molecule has 1 unspecified atom stereocenters. The Morgan fingerprint density at radius 2 is 2.05 bits per heavy atom. The Morgan fingerprint density at radius 3 is 2.67 bits per heavy atom. The molecule has 0 saturated heterocycles. The Labute approximate surface area is 132 Å². The molecule has 0 aliphatic heterocycles. The second-order valence-corrected chi connectivity index (χ2v) is 6.52. The van der Waals surface area contributed by atoms with Crippen molar-refractivity contribution in [2.75, 3.05) is 20.6 Å². The normalized spacial score (nSPS) is 12.8. The highest BCUT2D eigenvalue weighted by Gasteiger charge is 2.13. The van der Waals surface area contributed by atoms with E-state index in [2.05, 4.69) is 60.4 Å². The molecule has 2 rings (SSSR count). The van der Waals surface area contributed by atoms with E-state index in [-0.39, 0.29) is 0 Å². The van der Waals surface area contributed by atoms with E-state index in [1.807, 2.05) is 12.6 Å². The molecule has 1 aromatic carbocycles. The van der Waals surface area contributed by atoms with Crippen molar-refractivity contribution >= 4 is 11.3 Å². The van der Waals surface area contributed by atoms with Crippen molar-refractivity contribution in [2.45, 2.75) is 32.9 Å². The molecule has 0 aliphatic carbocycles. The van der Waals surface area contributed by atoms with Crippen LogP contribution in [0.3, 0.4) is 0 Å². The zero-order valence-corrected chi connectivity index (χ0v) is 14.2. The van der Waals surface area contributed by atoms with Gasteiger partial charge in [0.25, 0.3) is 0 Å². The molecular formula is C17H25N3S. The molecule has 21 heavy (non-hydrogen) atoms. The fourth-order valence-corrected chi connectivity index (χ4v) is 3.44. The van der Waals surface area contributed by atoms with Gasteiger partial charge in [-0.15, -0.1) is 11.3 Å². The van der Waals surface area contributed by atoms with Crippen molar-refractivity contribution in [3.8, 4) is 0 Å². The summed E-state index contributed by atoms with van der Waals surface area (Å²) in [6.45, 7) is 6.32. The summed E-state index contributed by atoms with van der Waals surface area (Å²) in [7, 11) is 4.23. The molecule has 1 heterocycles. The quantitative estimate of drug-likeness (QED) is 0.848. The average molecular weight is 303 g/mol.